The van der Waals surface area contributed by atoms with Crippen molar-refractivity contribution < 1.29 is 23.0 Å². The molecule has 4 rings (SSSR count). The number of halogens is 2. The van der Waals surface area contributed by atoms with Crippen LogP contribution >= 0.6 is 11.3 Å². The molecule has 0 aliphatic carbocycles. The Morgan fingerprint density at radius 1 is 1.28 bits per heavy atom. The van der Waals surface area contributed by atoms with E-state index in [1.807, 2.05) is 19.1 Å². The van der Waals surface area contributed by atoms with Crippen LogP contribution in [0.3, 0.4) is 0 Å². The molecule has 3 heterocycles. The van der Waals surface area contributed by atoms with Crippen LogP contribution in [-0.4, -0.2) is 33.8 Å². The number of aromatic nitrogens is 2. The summed E-state index contributed by atoms with van der Waals surface area (Å²) in [5.41, 5.74) is 1.26. The summed E-state index contributed by atoms with van der Waals surface area (Å²) in [5.74, 6) is -0.121. The van der Waals surface area contributed by atoms with E-state index < -0.39 is 12.3 Å². The normalized spacial score (nSPS) is 14.8. The van der Waals surface area contributed by atoms with Crippen molar-refractivity contribution in [1.82, 2.24) is 14.5 Å². The highest BCUT2D eigenvalue weighted by molar-refractivity contribution is 7.09. The number of hydrogen-bond donors (Lipinski definition) is 0. The van der Waals surface area contributed by atoms with Crippen molar-refractivity contribution in [3.05, 3.63) is 64.2 Å². The summed E-state index contributed by atoms with van der Waals surface area (Å²) in [4.78, 5) is 23.7. The molecule has 0 fully saturated rings. The van der Waals surface area contributed by atoms with Crippen LogP contribution in [0.2, 0.25) is 0 Å². The molecule has 2 aromatic heterocycles. The van der Waals surface area contributed by atoms with E-state index in [4.69, 9.17) is 0 Å². The molecule has 1 aliphatic heterocycles. The quantitative estimate of drug-likeness (QED) is 0.650. The van der Waals surface area contributed by atoms with Crippen LogP contribution in [0.25, 0.3) is 5.69 Å². The highest BCUT2D eigenvalue weighted by atomic mass is 32.1. The number of rotatable bonds is 3. The van der Waals surface area contributed by atoms with E-state index in [1.54, 1.807) is 36.1 Å². The maximum atomic E-state index is 13.3. The number of ether oxygens (including phenoxy) is 2. The summed E-state index contributed by atoms with van der Waals surface area (Å²) in [6.07, 6.45) is -0.261. The van der Waals surface area contributed by atoms with E-state index in [0.29, 0.717) is 17.0 Å². The minimum atomic E-state index is -3.69. The van der Waals surface area contributed by atoms with Crippen LogP contribution < -0.4 is 14.3 Å². The van der Waals surface area contributed by atoms with Crippen LogP contribution in [0.4, 0.5) is 13.6 Å². The zero-order valence-electron chi connectivity index (χ0n) is 15.5. The van der Waals surface area contributed by atoms with Crippen molar-refractivity contribution >= 4 is 17.4 Å². The van der Waals surface area contributed by atoms with Gasteiger partial charge in [-0.3, -0.25) is 9.55 Å². The van der Waals surface area contributed by atoms with Crippen molar-refractivity contribution in [3.8, 4) is 17.2 Å². The number of carbonyl (C=O) groups excluding carboxylic acids is 1. The van der Waals surface area contributed by atoms with Crippen molar-refractivity contribution in [2.75, 3.05) is 7.05 Å². The first-order chi connectivity index (χ1) is 13.8. The Labute approximate surface area is 168 Å². The lowest BCUT2D eigenvalue weighted by Crippen LogP contribution is -2.26. The summed E-state index contributed by atoms with van der Waals surface area (Å²) < 4.78 is 37.1. The average molecular weight is 418 g/mol. The van der Waals surface area contributed by atoms with Gasteiger partial charge in [0.05, 0.1) is 17.9 Å². The Hall–Kier alpha value is -3.27. The fourth-order valence-electron chi connectivity index (χ4n) is 2.78. The molecular weight excluding hydrogens is 402 g/mol. The third-order valence-corrected chi connectivity index (χ3v) is 4.97. The molecule has 0 saturated carbocycles. The molecule has 0 bridgehead atoms. The lowest BCUT2D eigenvalue weighted by atomic mass is 10.3. The number of fused-ring (bicyclic) bond motifs is 1. The highest BCUT2D eigenvalue weighted by Gasteiger charge is 2.43. The highest BCUT2D eigenvalue weighted by Crippen LogP contribution is 2.41. The molecule has 0 unspecified atom stereocenters. The molecule has 0 radical (unpaired) electrons. The first-order valence-electron chi connectivity index (χ1n) is 8.60. The lowest BCUT2D eigenvalue weighted by molar-refractivity contribution is -0.286. The predicted octanol–water partition coefficient (Wildman–Crippen LogP) is 3.72. The standard InChI is InChI=1S/C19H16F2N4O3S/c1-12-10-25(14-6-7-15-16(9-14)28-19(20,21)27-15)18(29-12)23-17(26)24(2)11-13-5-3-4-8-22-13/h3-10H,11H2,1-2H3/b23-18-. The predicted molar refractivity (Wildman–Crippen MR) is 101 cm³/mol. The Morgan fingerprint density at radius 3 is 2.83 bits per heavy atom. The number of aryl methyl sites for hydroxylation is 1. The molecular formula is C19H16F2N4O3S. The van der Waals surface area contributed by atoms with Gasteiger partial charge in [-0.25, -0.2) is 4.79 Å². The largest absolute Gasteiger partial charge is 0.586 e. The Morgan fingerprint density at radius 2 is 2.07 bits per heavy atom. The first kappa shape index (κ1) is 19.1. The van der Waals surface area contributed by atoms with Gasteiger partial charge in [-0.2, -0.15) is 4.99 Å². The van der Waals surface area contributed by atoms with Crippen molar-refractivity contribution in [1.29, 1.82) is 0 Å². The number of alkyl halides is 2. The fourth-order valence-corrected chi connectivity index (χ4v) is 3.60. The number of carbonyl (C=O) groups is 1. The summed E-state index contributed by atoms with van der Waals surface area (Å²) in [6.45, 7) is 2.18. The maximum Gasteiger partial charge on any atom is 0.586 e. The fraction of sp³-hybridized carbons (Fsp3) is 0.211. The topological polar surface area (TPSA) is 69.0 Å². The summed E-state index contributed by atoms with van der Waals surface area (Å²) in [7, 11) is 1.63. The van der Waals surface area contributed by atoms with Gasteiger partial charge in [0.25, 0.3) is 0 Å². The Bertz CT molecular complexity index is 1130. The summed E-state index contributed by atoms with van der Waals surface area (Å²) >= 11 is 1.31. The van der Waals surface area contributed by atoms with Crippen molar-refractivity contribution in [2.45, 2.75) is 19.8 Å². The maximum absolute atomic E-state index is 13.3. The van der Waals surface area contributed by atoms with Crippen LogP contribution in [-0.2, 0) is 6.54 Å². The monoisotopic (exact) mass is 418 g/mol. The van der Waals surface area contributed by atoms with E-state index in [2.05, 4.69) is 19.5 Å². The van der Waals surface area contributed by atoms with E-state index in [0.717, 1.165) is 10.6 Å². The van der Waals surface area contributed by atoms with Gasteiger partial charge in [0.15, 0.2) is 16.3 Å². The van der Waals surface area contributed by atoms with Gasteiger partial charge < -0.3 is 14.4 Å². The molecule has 2 amide bonds. The molecule has 1 aromatic carbocycles. The van der Waals surface area contributed by atoms with Crippen LogP contribution in [0, 0.1) is 6.92 Å². The number of benzene rings is 1. The van der Waals surface area contributed by atoms with Gasteiger partial charge in [-0.05, 0) is 31.2 Å². The second-order valence-corrected chi connectivity index (χ2v) is 7.58. The van der Waals surface area contributed by atoms with Gasteiger partial charge in [0, 0.05) is 30.4 Å². The number of urea groups is 1. The third kappa shape index (κ3) is 4.11. The average Bonchev–Trinajstić information content (AvgIpc) is 3.19. The van der Waals surface area contributed by atoms with Crippen LogP contribution in [0.5, 0.6) is 11.5 Å². The smallest absolute Gasteiger partial charge is 0.395 e. The SMILES string of the molecule is Cc1cn(-c2ccc3c(c2)OC(F)(F)O3)/c(=N/C(=O)N(C)Cc2ccccn2)s1. The number of nitrogens with zero attached hydrogens (tertiary/aromatic N) is 4. The molecule has 150 valence electrons. The molecule has 29 heavy (non-hydrogen) atoms. The van der Waals surface area contributed by atoms with E-state index >= 15 is 0 Å². The molecule has 0 spiro atoms. The number of hydrogen-bond acceptors (Lipinski definition) is 5. The zero-order chi connectivity index (χ0) is 20.6. The molecule has 7 nitrogen and oxygen atoms in total. The Balaban J connectivity index is 1.63. The Kier molecular flexibility index (Phi) is 4.79. The van der Waals surface area contributed by atoms with Gasteiger partial charge >= 0.3 is 12.3 Å². The van der Waals surface area contributed by atoms with Gasteiger partial charge in [0.1, 0.15) is 0 Å². The van der Waals surface area contributed by atoms with Gasteiger partial charge in [-0.1, -0.05) is 6.07 Å². The minimum absolute atomic E-state index is 0.0454. The van der Waals surface area contributed by atoms with Crippen molar-refractivity contribution in [2.24, 2.45) is 4.99 Å². The van der Waals surface area contributed by atoms with E-state index in [-0.39, 0.29) is 11.5 Å². The molecule has 0 N–H and O–H groups in total. The first-order valence-corrected chi connectivity index (χ1v) is 9.41. The van der Waals surface area contributed by atoms with Crippen LogP contribution in [0.1, 0.15) is 10.6 Å². The summed E-state index contributed by atoms with van der Waals surface area (Å²) in [6, 6.07) is 9.43. The molecule has 1 aliphatic rings. The number of amides is 2. The minimum Gasteiger partial charge on any atom is -0.395 e. The zero-order valence-corrected chi connectivity index (χ0v) is 16.3. The lowest BCUT2D eigenvalue weighted by Gasteiger charge is -2.13. The second-order valence-electron chi connectivity index (χ2n) is 6.36. The van der Waals surface area contributed by atoms with Gasteiger partial charge in [-0.15, -0.1) is 20.1 Å². The molecule has 10 heteroatoms. The molecule has 0 saturated heterocycles. The molecule has 3 aromatic rings. The molecule has 0 atom stereocenters. The third-order valence-electron chi connectivity index (χ3n) is 4.08. The number of pyridine rings is 1. The summed E-state index contributed by atoms with van der Waals surface area (Å²) in [5, 5.41) is 0. The van der Waals surface area contributed by atoms with Crippen LogP contribution in [0.15, 0.2) is 53.8 Å². The van der Waals surface area contributed by atoms with E-state index in [1.165, 1.54) is 28.4 Å². The van der Waals surface area contributed by atoms with Gasteiger partial charge in [0.2, 0.25) is 0 Å². The second kappa shape index (κ2) is 7.28. The van der Waals surface area contributed by atoms with Crippen molar-refractivity contribution in [3.63, 3.8) is 0 Å². The number of thiazole rings is 1. The van der Waals surface area contributed by atoms with E-state index in [9.17, 15) is 13.6 Å².